The van der Waals surface area contributed by atoms with Crippen molar-refractivity contribution in [3.05, 3.63) is 42.4 Å². The quantitative estimate of drug-likeness (QED) is 0.642. The number of pyridine rings is 2. The predicted molar refractivity (Wildman–Crippen MR) is 112 cm³/mol. The van der Waals surface area contributed by atoms with E-state index in [2.05, 4.69) is 16.1 Å². The van der Waals surface area contributed by atoms with E-state index in [0.29, 0.717) is 34.6 Å². The fraction of sp³-hybridized carbons (Fsp3) is 0.409. The first-order valence-electron chi connectivity index (χ1n) is 10.2. The van der Waals surface area contributed by atoms with Gasteiger partial charge in [0.25, 0.3) is 0 Å². The van der Waals surface area contributed by atoms with Crippen LogP contribution in [0.2, 0.25) is 0 Å². The minimum absolute atomic E-state index is 0.176. The first-order chi connectivity index (χ1) is 14.6. The number of hydrogen-bond donors (Lipinski definition) is 2. The zero-order chi connectivity index (χ0) is 20.8. The normalized spacial score (nSPS) is 23.3. The van der Waals surface area contributed by atoms with Crippen LogP contribution in [0.15, 0.2) is 36.8 Å². The molecule has 1 aliphatic carbocycles. The van der Waals surface area contributed by atoms with Crippen LogP contribution in [-0.4, -0.2) is 52.0 Å². The Kier molecular flexibility index (Phi) is 4.57. The average molecular weight is 404 g/mol. The minimum atomic E-state index is -0.581. The molecule has 4 atom stereocenters. The minimum Gasteiger partial charge on any atom is -0.489 e. The summed E-state index contributed by atoms with van der Waals surface area (Å²) in [5.74, 6) is 3.65. The smallest absolute Gasteiger partial charge is 0.138 e. The van der Waals surface area contributed by atoms with Crippen molar-refractivity contribution in [3.8, 4) is 22.9 Å². The Morgan fingerprint density at radius 1 is 1.33 bits per heavy atom. The maximum absolute atomic E-state index is 9.53. The van der Waals surface area contributed by atoms with Gasteiger partial charge in [0.2, 0.25) is 0 Å². The van der Waals surface area contributed by atoms with Crippen LogP contribution in [0.5, 0.6) is 5.75 Å². The number of aromatic nitrogens is 3. The number of ether oxygens (including phenoxy) is 1. The van der Waals surface area contributed by atoms with Crippen molar-refractivity contribution < 1.29 is 9.84 Å². The number of anilines is 1. The van der Waals surface area contributed by atoms with E-state index in [0.717, 1.165) is 36.6 Å². The fourth-order valence-corrected chi connectivity index (χ4v) is 4.61. The van der Waals surface area contributed by atoms with Gasteiger partial charge in [-0.3, -0.25) is 0 Å². The lowest BCUT2D eigenvalue weighted by molar-refractivity contribution is 0.122. The monoisotopic (exact) mass is 404 g/mol. The number of nitriles is 1. The molecular weight excluding hydrogens is 380 g/mol. The van der Waals surface area contributed by atoms with Crippen LogP contribution in [0.4, 0.5) is 5.82 Å². The highest BCUT2D eigenvalue weighted by atomic mass is 16.5. The van der Waals surface area contributed by atoms with Crippen LogP contribution >= 0.6 is 0 Å². The molecule has 1 saturated carbocycles. The lowest BCUT2D eigenvalue weighted by Crippen LogP contribution is -2.26. The molecule has 4 heterocycles. The van der Waals surface area contributed by atoms with Crippen molar-refractivity contribution >= 4 is 11.3 Å². The molecule has 1 unspecified atom stereocenters. The molecule has 0 spiro atoms. The topological polar surface area (TPSA) is 113 Å². The Hall–Kier alpha value is -3.15. The van der Waals surface area contributed by atoms with Gasteiger partial charge in [0, 0.05) is 30.4 Å². The molecule has 0 bridgehead atoms. The van der Waals surface area contributed by atoms with E-state index in [-0.39, 0.29) is 6.61 Å². The van der Waals surface area contributed by atoms with Crippen LogP contribution in [0, 0.1) is 29.1 Å². The molecule has 154 valence electrons. The molecule has 1 saturated heterocycles. The first kappa shape index (κ1) is 18.9. The van der Waals surface area contributed by atoms with E-state index in [9.17, 15) is 10.4 Å². The van der Waals surface area contributed by atoms with Gasteiger partial charge in [0.1, 0.15) is 24.2 Å². The van der Waals surface area contributed by atoms with Gasteiger partial charge in [0.05, 0.1) is 29.6 Å². The number of rotatable bonds is 6. The molecule has 30 heavy (non-hydrogen) atoms. The Labute approximate surface area is 174 Å². The van der Waals surface area contributed by atoms with E-state index in [1.54, 1.807) is 23.8 Å². The third-order valence-corrected chi connectivity index (χ3v) is 6.22. The Morgan fingerprint density at radius 3 is 2.77 bits per heavy atom. The summed E-state index contributed by atoms with van der Waals surface area (Å²) in [7, 11) is 0. The SMILES string of the molecule is CC(O)COc1cc(-c2ccc(N3C[C@@H]4[C@@H](CN)[C@@H]4C3)nc2)c2c(C#N)cnn2c1. The fourth-order valence-electron chi connectivity index (χ4n) is 4.61. The summed E-state index contributed by atoms with van der Waals surface area (Å²) in [6.45, 7) is 4.67. The summed E-state index contributed by atoms with van der Waals surface area (Å²) < 4.78 is 7.33. The number of nitrogens with zero attached hydrogens (tertiary/aromatic N) is 5. The second-order valence-electron chi connectivity index (χ2n) is 8.25. The summed E-state index contributed by atoms with van der Waals surface area (Å²) in [6, 6.07) is 8.12. The molecule has 3 N–H and O–H groups in total. The van der Waals surface area contributed by atoms with E-state index >= 15 is 0 Å². The summed E-state index contributed by atoms with van der Waals surface area (Å²) in [5.41, 5.74) is 8.72. The lowest BCUT2D eigenvalue weighted by Gasteiger charge is -2.21. The first-order valence-corrected chi connectivity index (χ1v) is 10.2. The number of piperidine rings is 1. The maximum Gasteiger partial charge on any atom is 0.138 e. The predicted octanol–water partition coefficient (Wildman–Crippen LogP) is 1.67. The molecule has 3 aromatic rings. The van der Waals surface area contributed by atoms with Crippen molar-refractivity contribution in [3.63, 3.8) is 0 Å². The molecule has 1 aliphatic heterocycles. The van der Waals surface area contributed by atoms with Crippen LogP contribution in [0.1, 0.15) is 12.5 Å². The molecule has 3 aromatic heterocycles. The van der Waals surface area contributed by atoms with Crippen LogP contribution in [0.25, 0.3) is 16.6 Å². The number of aliphatic hydroxyl groups excluding tert-OH is 1. The molecule has 8 heteroatoms. The molecule has 0 amide bonds. The molecular formula is C22H24N6O2. The number of hydrogen-bond acceptors (Lipinski definition) is 7. The largest absolute Gasteiger partial charge is 0.489 e. The van der Waals surface area contributed by atoms with E-state index < -0.39 is 6.10 Å². The number of nitrogens with two attached hydrogens (primary N) is 1. The van der Waals surface area contributed by atoms with Crippen molar-refractivity contribution in [2.75, 3.05) is 31.1 Å². The molecule has 0 aromatic carbocycles. The van der Waals surface area contributed by atoms with Gasteiger partial charge in [-0.1, -0.05) is 0 Å². The van der Waals surface area contributed by atoms with E-state index in [1.165, 1.54) is 0 Å². The van der Waals surface area contributed by atoms with Gasteiger partial charge in [-0.25, -0.2) is 9.50 Å². The molecule has 0 radical (unpaired) electrons. The standard InChI is InChI=1S/C22H24N6O2/c1-13(29)12-30-16-4-17(22-15(5-23)8-26-28(22)9-16)14-2-3-21(25-7-14)27-10-19-18(6-24)20(19)11-27/h2-4,7-9,13,18-20,29H,6,10-12,24H2,1H3/t13?,18-,19-,20+. The van der Waals surface area contributed by atoms with Crippen LogP contribution in [0.3, 0.4) is 0 Å². The Balaban J connectivity index is 1.46. The van der Waals surface area contributed by atoms with Crippen molar-refractivity contribution in [1.29, 1.82) is 5.26 Å². The van der Waals surface area contributed by atoms with Gasteiger partial charge in [-0.15, -0.1) is 0 Å². The lowest BCUT2D eigenvalue weighted by atomic mass is 10.1. The third-order valence-electron chi connectivity index (χ3n) is 6.22. The highest BCUT2D eigenvalue weighted by Gasteiger charge is 2.54. The van der Waals surface area contributed by atoms with Crippen molar-refractivity contribution in [2.24, 2.45) is 23.5 Å². The van der Waals surface area contributed by atoms with Gasteiger partial charge < -0.3 is 20.5 Å². The summed E-state index contributed by atoms with van der Waals surface area (Å²) in [4.78, 5) is 7.02. The van der Waals surface area contributed by atoms with Gasteiger partial charge in [-0.2, -0.15) is 10.4 Å². The van der Waals surface area contributed by atoms with Gasteiger partial charge in [-0.05, 0) is 49.4 Å². The van der Waals surface area contributed by atoms with Crippen molar-refractivity contribution in [2.45, 2.75) is 13.0 Å². The number of aliphatic hydroxyl groups is 1. The summed E-state index contributed by atoms with van der Waals surface area (Å²) >= 11 is 0. The highest BCUT2D eigenvalue weighted by Crippen LogP contribution is 2.51. The summed E-state index contributed by atoms with van der Waals surface area (Å²) in [5, 5.41) is 23.3. The van der Waals surface area contributed by atoms with E-state index in [4.69, 9.17) is 15.5 Å². The highest BCUT2D eigenvalue weighted by molar-refractivity contribution is 5.85. The zero-order valence-corrected chi connectivity index (χ0v) is 16.8. The van der Waals surface area contributed by atoms with Gasteiger partial charge in [0.15, 0.2) is 0 Å². The second-order valence-corrected chi connectivity index (χ2v) is 8.25. The van der Waals surface area contributed by atoms with Gasteiger partial charge >= 0.3 is 0 Å². The molecule has 5 rings (SSSR count). The maximum atomic E-state index is 9.53. The summed E-state index contributed by atoms with van der Waals surface area (Å²) in [6.07, 6.45) is 4.52. The zero-order valence-electron chi connectivity index (χ0n) is 16.8. The average Bonchev–Trinajstić information content (AvgIpc) is 3.08. The number of fused-ring (bicyclic) bond motifs is 2. The van der Waals surface area contributed by atoms with Crippen molar-refractivity contribution in [1.82, 2.24) is 14.6 Å². The molecule has 2 fully saturated rings. The van der Waals surface area contributed by atoms with Crippen LogP contribution in [-0.2, 0) is 0 Å². The van der Waals surface area contributed by atoms with E-state index in [1.807, 2.05) is 24.4 Å². The molecule has 8 nitrogen and oxygen atoms in total. The second kappa shape index (κ2) is 7.27. The van der Waals surface area contributed by atoms with Crippen LogP contribution < -0.4 is 15.4 Å². The Morgan fingerprint density at radius 2 is 2.13 bits per heavy atom. The third kappa shape index (κ3) is 3.16. The Bertz CT molecular complexity index is 1110. The molecule has 2 aliphatic rings.